The Balaban J connectivity index is 0.000000470. The number of hydrogen-bond acceptors (Lipinski definition) is 6. The summed E-state index contributed by atoms with van der Waals surface area (Å²) in [5.74, 6) is -2.47. The Kier molecular flexibility index (Phi) is 8.35. The molecule has 0 bridgehead atoms. The van der Waals surface area contributed by atoms with E-state index >= 15 is 0 Å². The second kappa shape index (κ2) is 11.7. The third kappa shape index (κ3) is 6.38. The summed E-state index contributed by atoms with van der Waals surface area (Å²) in [5, 5.41) is 9.94. The average molecular weight is 561 g/mol. The number of likely N-dealkylation sites (tertiary alicyclic amines) is 1. The first-order valence-electron chi connectivity index (χ1n) is 12.5. The third-order valence-electron chi connectivity index (χ3n) is 6.89. The van der Waals surface area contributed by atoms with Gasteiger partial charge in [-0.1, -0.05) is 18.2 Å². The van der Waals surface area contributed by atoms with Crippen LogP contribution >= 0.6 is 0 Å². The molecule has 1 atom stereocenters. The summed E-state index contributed by atoms with van der Waals surface area (Å²) < 4.78 is 35.6. The van der Waals surface area contributed by atoms with Gasteiger partial charge in [0.15, 0.2) is 0 Å². The smallest absolute Gasteiger partial charge is 0.475 e. The number of alkyl halides is 3. The van der Waals surface area contributed by atoms with Crippen LogP contribution in [0.15, 0.2) is 60.0 Å². The van der Waals surface area contributed by atoms with Crippen molar-refractivity contribution in [1.29, 1.82) is 0 Å². The average Bonchev–Trinajstić information content (AvgIpc) is 3.68. The molecule has 40 heavy (non-hydrogen) atoms. The maximum Gasteiger partial charge on any atom is 0.490 e. The molecule has 14 heteroatoms. The molecule has 5 rings (SSSR count). The van der Waals surface area contributed by atoms with Gasteiger partial charge in [-0.15, -0.1) is 0 Å². The van der Waals surface area contributed by atoms with E-state index in [0.717, 1.165) is 25.8 Å². The van der Waals surface area contributed by atoms with E-state index in [4.69, 9.17) is 9.90 Å². The van der Waals surface area contributed by atoms with Crippen molar-refractivity contribution in [2.45, 2.75) is 43.9 Å². The lowest BCUT2D eigenvalue weighted by molar-refractivity contribution is -0.192. The van der Waals surface area contributed by atoms with Gasteiger partial charge in [0.1, 0.15) is 11.4 Å². The Bertz CT molecular complexity index is 1420. The molecule has 0 radical (unpaired) electrons. The van der Waals surface area contributed by atoms with Gasteiger partial charge in [0, 0.05) is 62.3 Å². The van der Waals surface area contributed by atoms with Crippen LogP contribution in [0, 0.1) is 0 Å². The lowest BCUT2D eigenvalue weighted by Gasteiger charge is -2.23. The zero-order valence-electron chi connectivity index (χ0n) is 21.3. The van der Waals surface area contributed by atoms with Gasteiger partial charge in [0.25, 0.3) is 17.4 Å². The minimum Gasteiger partial charge on any atom is -0.475 e. The van der Waals surface area contributed by atoms with E-state index in [1.807, 2.05) is 50.6 Å². The molecule has 1 fully saturated rings. The van der Waals surface area contributed by atoms with E-state index in [-0.39, 0.29) is 16.9 Å². The van der Waals surface area contributed by atoms with Crippen molar-refractivity contribution in [2.75, 3.05) is 19.6 Å². The summed E-state index contributed by atoms with van der Waals surface area (Å²) in [5.41, 5.74) is -0.113. The third-order valence-corrected chi connectivity index (χ3v) is 6.89. The number of hydrogen-bond donors (Lipinski definition) is 2. The molecule has 1 unspecified atom stereocenters. The van der Waals surface area contributed by atoms with Gasteiger partial charge in [0.2, 0.25) is 0 Å². The lowest BCUT2D eigenvalue weighted by Crippen LogP contribution is -2.36. The van der Waals surface area contributed by atoms with Crippen molar-refractivity contribution < 1.29 is 32.7 Å². The highest BCUT2D eigenvalue weighted by atomic mass is 19.4. The molecule has 1 aromatic carbocycles. The molecule has 2 N–H and O–H groups in total. The molecule has 2 aliphatic heterocycles. The molecular formula is C26H27F3N6O5. The minimum absolute atomic E-state index is 0.0000345. The highest BCUT2D eigenvalue weighted by Crippen LogP contribution is 2.41. The molecule has 1 spiro atoms. The van der Waals surface area contributed by atoms with Gasteiger partial charge in [-0.3, -0.25) is 14.4 Å². The van der Waals surface area contributed by atoms with E-state index in [0.29, 0.717) is 37.6 Å². The molecule has 0 aliphatic carbocycles. The molecule has 11 nitrogen and oxygen atoms in total. The van der Waals surface area contributed by atoms with E-state index in [2.05, 4.69) is 15.3 Å². The van der Waals surface area contributed by atoms with Crippen LogP contribution < -0.4 is 10.9 Å². The number of carbonyl (C=O) groups is 3. The van der Waals surface area contributed by atoms with Crippen molar-refractivity contribution in [2.24, 2.45) is 0 Å². The van der Waals surface area contributed by atoms with Crippen LogP contribution in [0.2, 0.25) is 0 Å². The molecule has 1 saturated heterocycles. The number of aromatic nitrogens is 4. The predicted molar refractivity (Wildman–Crippen MR) is 135 cm³/mol. The summed E-state index contributed by atoms with van der Waals surface area (Å²) in [4.78, 5) is 57.3. The molecule has 2 aromatic heterocycles. The number of carboxylic acids is 1. The lowest BCUT2D eigenvalue weighted by atomic mass is 9.85. The van der Waals surface area contributed by atoms with Crippen molar-refractivity contribution in [3.8, 4) is 0 Å². The zero-order valence-corrected chi connectivity index (χ0v) is 21.3. The monoisotopic (exact) mass is 560 g/mol. The SMILES string of the molecule is O=C(NCCCn1ccnc1)c1cn2c(nc1=O)C1(CCN(C(=O)c3ccccc3)C1)CC2.O=C(O)C(F)(F)F. The van der Waals surface area contributed by atoms with Crippen molar-refractivity contribution in [3.05, 3.63) is 82.6 Å². The molecule has 4 heterocycles. The molecule has 3 aromatic rings. The van der Waals surface area contributed by atoms with Gasteiger partial charge in [0.05, 0.1) is 6.33 Å². The maximum atomic E-state index is 12.9. The van der Waals surface area contributed by atoms with Gasteiger partial charge < -0.3 is 24.5 Å². The highest BCUT2D eigenvalue weighted by molar-refractivity contribution is 5.94. The summed E-state index contributed by atoms with van der Waals surface area (Å²) >= 11 is 0. The first-order chi connectivity index (χ1) is 19.0. The van der Waals surface area contributed by atoms with E-state index in [9.17, 15) is 27.6 Å². The number of carbonyl (C=O) groups excluding carboxylic acids is 2. The number of amides is 2. The van der Waals surface area contributed by atoms with Crippen molar-refractivity contribution in [3.63, 3.8) is 0 Å². The fourth-order valence-corrected chi connectivity index (χ4v) is 4.86. The van der Waals surface area contributed by atoms with Crippen LogP contribution in [0.4, 0.5) is 13.2 Å². The summed E-state index contributed by atoms with van der Waals surface area (Å²) in [7, 11) is 0. The fraction of sp³-hybridized carbons (Fsp3) is 0.385. The standard InChI is InChI=1S/C24H26N6O3.C2HF3O2/c31-20(26-9-4-11-28-14-10-25-17-28)19-15-29-12-7-24(23(29)27-21(19)32)8-13-30(16-24)22(33)18-5-2-1-3-6-18;3-2(4,5)1(6)7/h1-3,5-6,10,14-15,17H,4,7-9,11-13,16H2,(H,26,31);(H,6,7). The largest absolute Gasteiger partial charge is 0.490 e. The van der Waals surface area contributed by atoms with E-state index in [1.54, 1.807) is 18.7 Å². The summed E-state index contributed by atoms with van der Waals surface area (Å²) in [6.45, 7) is 3.04. The van der Waals surface area contributed by atoms with Crippen LogP contribution in [-0.4, -0.2) is 72.7 Å². The number of aliphatic carboxylic acids is 1. The Morgan fingerprint density at radius 3 is 2.45 bits per heavy atom. The molecule has 2 amide bonds. The summed E-state index contributed by atoms with van der Waals surface area (Å²) in [6.07, 6.45) is 4.15. The summed E-state index contributed by atoms with van der Waals surface area (Å²) in [6, 6.07) is 9.24. The number of nitrogens with one attached hydrogen (secondary N) is 1. The number of aryl methyl sites for hydroxylation is 2. The van der Waals surface area contributed by atoms with E-state index < -0.39 is 23.6 Å². The maximum absolute atomic E-state index is 12.9. The van der Waals surface area contributed by atoms with Crippen molar-refractivity contribution in [1.82, 2.24) is 29.3 Å². The van der Waals surface area contributed by atoms with Crippen LogP contribution in [-0.2, 0) is 23.3 Å². The Labute approximate surface area is 226 Å². The predicted octanol–water partition coefficient (Wildman–Crippen LogP) is 2.08. The molecule has 0 saturated carbocycles. The van der Waals surface area contributed by atoms with Gasteiger partial charge in [-0.25, -0.2) is 9.78 Å². The molecule has 212 valence electrons. The number of rotatable bonds is 6. The number of carboxylic acid groups (broad SMARTS) is 1. The van der Waals surface area contributed by atoms with Crippen LogP contribution in [0.1, 0.15) is 45.8 Å². The van der Waals surface area contributed by atoms with Crippen LogP contribution in [0.5, 0.6) is 0 Å². The Hall–Kier alpha value is -4.49. The first-order valence-corrected chi connectivity index (χ1v) is 12.5. The van der Waals surface area contributed by atoms with Gasteiger partial charge in [-0.05, 0) is 31.4 Å². The number of halogens is 3. The van der Waals surface area contributed by atoms with Crippen LogP contribution in [0.25, 0.3) is 0 Å². The van der Waals surface area contributed by atoms with Gasteiger partial charge >= 0.3 is 12.1 Å². The number of fused-ring (bicyclic) bond motifs is 2. The Morgan fingerprint density at radius 2 is 1.80 bits per heavy atom. The zero-order chi connectivity index (χ0) is 28.9. The molecule has 2 aliphatic rings. The minimum atomic E-state index is -5.08. The second-order valence-electron chi connectivity index (χ2n) is 9.56. The highest BCUT2D eigenvalue weighted by Gasteiger charge is 2.47. The first kappa shape index (κ1) is 28.5. The van der Waals surface area contributed by atoms with Crippen molar-refractivity contribution >= 4 is 17.8 Å². The van der Waals surface area contributed by atoms with Crippen LogP contribution in [0.3, 0.4) is 0 Å². The molecular weight excluding hydrogens is 533 g/mol. The van der Waals surface area contributed by atoms with E-state index in [1.165, 1.54) is 0 Å². The topological polar surface area (TPSA) is 139 Å². The normalized spacial score (nSPS) is 17.7. The quantitative estimate of drug-likeness (QED) is 0.440. The fourth-order valence-electron chi connectivity index (χ4n) is 4.86. The second-order valence-corrected chi connectivity index (χ2v) is 9.56. The van der Waals surface area contributed by atoms with Gasteiger partial charge in [-0.2, -0.15) is 18.2 Å². The number of nitrogens with zero attached hydrogens (tertiary/aromatic N) is 5. The Morgan fingerprint density at radius 1 is 1.10 bits per heavy atom. The number of benzene rings is 1. The number of imidazole rings is 1.